The van der Waals surface area contributed by atoms with Gasteiger partial charge in [0.2, 0.25) is 6.33 Å². The molecule has 8 aromatic carbocycles. The first-order chi connectivity index (χ1) is 41.0. The summed E-state index contributed by atoms with van der Waals surface area (Å²) in [6.45, 7) is 13.4. The fourth-order valence-electron chi connectivity index (χ4n) is 11.0. The van der Waals surface area contributed by atoms with Crippen molar-refractivity contribution in [2.75, 3.05) is 0 Å². The number of fused-ring (bicyclic) bond motifs is 8. The second-order valence-electron chi connectivity index (χ2n) is 23.2. The van der Waals surface area contributed by atoms with Crippen LogP contribution < -0.4 is 18.7 Å². The number of para-hydroxylation sites is 6. The third-order valence-corrected chi connectivity index (χ3v) is 15.1. The Kier molecular flexibility index (Phi) is 16.8. The molecule has 0 bridgehead atoms. The van der Waals surface area contributed by atoms with Crippen molar-refractivity contribution in [1.29, 1.82) is 0 Å². The van der Waals surface area contributed by atoms with Gasteiger partial charge in [0.15, 0.2) is 28.4 Å². The minimum Gasteiger partial charge on any atom is -1.00 e. The topological polar surface area (TPSA) is 72.8 Å². The van der Waals surface area contributed by atoms with Gasteiger partial charge in [0.05, 0.1) is 18.1 Å². The van der Waals surface area contributed by atoms with Crippen molar-refractivity contribution in [3.63, 3.8) is 0 Å². The maximum absolute atomic E-state index is 9.84. The zero-order chi connectivity index (χ0) is 60.3. The van der Waals surface area contributed by atoms with Gasteiger partial charge < -0.3 is 18.7 Å². The molecule has 88 heavy (non-hydrogen) atoms. The van der Waals surface area contributed by atoms with Crippen LogP contribution in [0.15, 0.2) is 219 Å². The number of hydrogen-bond donors (Lipinski definition) is 0. The summed E-state index contributed by atoms with van der Waals surface area (Å²) < 4.78 is 75.0. The fourth-order valence-corrected chi connectivity index (χ4v) is 11.0. The van der Waals surface area contributed by atoms with Crippen molar-refractivity contribution >= 4 is 73.8 Å². The first kappa shape index (κ1) is 62.0. The molecule has 0 unspecified atom stereocenters. The minimum absolute atomic E-state index is 0. The Bertz CT molecular complexity index is 4590. The molecule has 0 spiro atoms. The maximum Gasteiger partial charge on any atom is 0 e. The molecule has 18 heteroatoms. The van der Waals surface area contributed by atoms with E-state index in [-0.39, 0.29) is 36.6 Å². The average molecular weight is 1390 g/mol. The Balaban J connectivity index is 0.000000174. The summed E-state index contributed by atoms with van der Waals surface area (Å²) in [4.78, 5) is 9.57. The van der Waals surface area contributed by atoms with Crippen LogP contribution in [0.1, 0.15) is 52.7 Å². The van der Waals surface area contributed by atoms with Crippen LogP contribution in [0.25, 0.3) is 88.7 Å². The zero-order valence-electron chi connectivity index (χ0n) is 49.2. The number of halogens is 6. The molecule has 14 rings (SSSR count). The molecule has 0 radical (unpaired) electrons. The van der Waals surface area contributed by atoms with Gasteiger partial charge in [0.1, 0.15) is 28.8 Å². The van der Waals surface area contributed by atoms with Crippen LogP contribution >= 0.6 is 8.16 Å². The number of rotatable bonds is 8. The van der Waals surface area contributed by atoms with Gasteiger partial charge in [0, 0.05) is 98.2 Å². The molecule has 14 aromatic rings. The van der Waals surface area contributed by atoms with Gasteiger partial charge in [-0.3, -0.25) is 4.57 Å². The van der Waals surface area contributed by atoms with Crippen molar-refractivity contribution < 1.29 is 60.8 Å². The van der Waals surface area contributed by atoms with E-state index < -0.39 is 8.16 Å². The average Bonchev–Trinajstić information content (AvgIpc) is 1.79. The molecular formula is C70H60F6N8O2PPt-. The Morgan fingerprint density at radius 1 is 0.500 bits per heavy atom. The largest absolute Gasteiger partial charge is 1.00 e. The van der Waals surface area contributed by atoms with E-state index in [2.05, 4.69) is 266 Å². The zero-order valence-corrected chi connectivity index (χ0v) is 52.4. The summed E-state index contributed by atoms with van der Waals surface area (Å²) in [6.07, 6.45) is 7.97. The number of nitrogens with zero attached hydrogens (tertiary/aromatic N) is 8. The van der Waals surface area contributed by atoms with Gasteiger partial charge in [-0.1, -0.05) is 108 Å². The molecule has 450 valence electrons. The summed E-state index contributed by atoms with van der Waals surface area (Å²) in [6, 6.07) is 73.8. The number of aryl methyl sites for hydroxylation is 2. The third kappa shape index (κ3) is 13.0. The van der Waals surface area contributed by atoms with E-state index in [4.69, 9.17) is 19.4 Å². The quantitative estimate of drug-likeness (QED) is 0.0658. The van der Waals surface area contributed by atoms with Crippen LogP contribution in [-0.4, -0.2) is 32.8 Å². The second-order valence-corrected chi connectivity index (χ2v) is 24.5. The minimum atomic E-state index is -8.55. The predicted molar refractivity (Wildman–Crippen MR) is 336 cm³/mol. The monoisotopic (exact) mass is 1380 g/mol. The molecule has 0 saturated heterocycles. The van der Waals surface area contributed by atoms with Crippen molar-refractivity contribution in [2.45, 2.75) is 52.4 Å². The van der Waals surface area contributed by atoms with Gasteiger partial charge in [-0.05, 0) is 112 Å². The molecule has 0 atom stereocenters. The standard InChI is InChI=1S/C35H31N4O.C35H29N4O.F5P.FH.Pt/c2*1-35(2,3)24-18-19-36-34(20-24)39-30-13-6-5-12-28(30)29-17-16-27(22-33(29)39)40-26-11-9-10-25(21-26)38-23-37(4)31-14-7-8-15-32(31)38;1-6(2,3,4)5;;/h5-23H,1-4H3;5-20,23H,1-4H3;;1H;/q+1;-1;;;/p-1. The number of imidazole rings is 2. The smallest absolute Gasteiger partial charge is 0 e. The number of ether oxygens (including phenoxy) is 2. The van der Waals surface area contributed by atoms with Crippen molar-refractivity contribution in [3.8, 4) is 46.0 Å². The van der Waals surface area contributed by atoms with Gasteiger partial charge >= 0.3 is 29.1 Å². The van der Waals surface area contributed by atoms with Crippen molar-refractivity contribution in [1.82, 2.24) is 32.8 Å². The van der Waals surface area contributed by atoms with Crippen LogP contribution in [0, 0.1) is 12.1 Å². The van der Waals surface area contributed by atoms with Crippen LogP contribution in [0.5, 0.6) is 23.0 Å². The molecule has 0 aliphatic rings. The van der Waals surface area contributed by atoms with Crippen molar-refractivity contribution in [2.24, 2.45) is 14.1 Å². The van der Waals surface area contributed by atoms with Crippen LogP contribution in [0.3, 0.4) is 0 Å². The first-order valence-electron chi connectivity index (χ1n) is 27.9. The fraction of sp³-hybridized carbons (Fsp3) is 0.143. The number of pyridine rings is 2. The molecule has 0 aliphatic heterocycles. The second kappa shape index (κ2) is 23.9. The van der Waals surface area contributed by atoms with E-state index in [1.807, 2.05) is 48.8 Å². The normalized spacial score (nSPS) is 12.2. The van der Waals surface area contributed by atoms with E-state index in [1.165, 1.54) is 27.4 Å². The summed E-state index contributed by atoms with van der Waals surface area (Å²) in [7, 11) is -4.43. The van der Waals surface area contributed by atoms with Gasteiger partial charge in [-0.25, -0.2) is 23.7 Å². The predicted octanol–water partition coefficient (Wildman–Crippen LogP) is 16.4. The molecule has 0 aliphatic carbocycles. The van der Waals surface area contributed by atoms with Gasteiger partial charge in [0.25, 0.3) is 0 Å². The van der Waals surface area contributed by atoms with E-state index in [0.717, 1.165) is 83.9 Å². The van der Waals surface area contributed by atoms with Crippen LogP contribution in [-0.2, 0) is 46.0 Å². The molecule has 6 aromatic heterocycles. The van der Waals surface area contributed by atoms with Gasteiger partial charge in [-0.2, -0.15) is 16.7 Å². The maximum atomic E-state index is 9.84. The van der Waals surface area contributed by atoms with E-state index >= 15 is 0 Å². The van der Waals surface area contributed by atoms with E-state index in [1.54, 1.807) is 0 Å². The molecular weight excluding hydrogens is 1320 g/mol. The Morgan fingerprint density at radius 2 is 1.02 bits per heavy atom. The third-order valence-electron chi connectivity index (χ3n) is 15.1. The van der Waals surface area contributed by atoms with Crippen LogP contribution in [0.2, 0.25) is 0 Å². The molecule has 0 fully saturated rings. The SMILES string of the molecule is C[n+]1cn(-c2cccc(Oc3ccc4c5ccccc5n(-c5cc(C(C)(C)C)ccn5)c4c3)c2)c2ccccc21.Cn1[cH+]n(-c2[c-]c(Oc3[c-]c4c(cc3)c3ccccc3n4-c3cc(C(C)(C)C)ccn3)ccc2)c2ccccc21.FP(F)(F)(F)F.[F-].[Pt]. The van der Waals surface area contributed by atoms with Gasteiger partial charge in [-0.15, -0.1) is 29.7 Å². The Hall–Kier alpha value is -9.10. The molecule has 0 saturated carbocycles. The number of benzene rings is 8. The summed E-state index contributed by atoms with van der Waals surface area (Å²) in [5.74, 6) is 4.60. The number of hydrogen-bond acceptors (Lipinski definition) is 4. The van der Waals surface area contributed by atoms with E-state index in [9.17, 15) is 21.0 Å². The Labute approximate surface area is 519 Å². The Morgan fingerprint density at radius 3 is 1.68 bits per heavy atom. The molecule has 0 N–H and O–H groups in total. The summed E-state index contributed by atoms with van der Waals surface area (Å²) in [5, 5.41) is 4.63. The van der Waals surface area contributed by atoms with Crippen LogP contribution in [0.4, 0.5) is 21.0 Å². The summed E-state index contributed by atoms with van der Waals surface area (Å²) in [5.41, 5.74) is 13.3. The molecule has 0 amide bonds. The van der Waals surface area contributed by atoms with E-state index in [0.29, 0.717) is 11.5 Å². The first-order valence-corrected chi connectivity index (χ1v) is 29.6. The summed E-state index contributed by atoms with van der Waals surface area (Å²) >= 11 is 0. The number of aromatic nitrogens is 8. The molecule has 10 nitrogen and oxygen atoms in total. The van der Waals surface area contributed by atoms with Crippen molar-refractivity contribution in [3.05, 3.63) is 242 Å². The molecule has 6 heterocycles.